The minimum Gasteiger partial charge on any atom is -0.0320 e. The molecule has 0 radical (unpaired) electrons. The van der Waals surface area contributed by atoms with E-state index < -0.39 is 0 Å². The molecular formula is C12H10+2. The minimum absolute atomic E-state index is 0.696. The van der Waals surface area contributed by atoms with Gasteiger partial charge in [0, 0.05) is 11.1 Å². The lowest BCUT2D eigenvalue weighted by molar-refractivity contribution is 0.761. The Morgan fingerprint density at radius 1 is 0.667 bits per heavy atom. The van der Waals surface area contributed by atoms with E-state index in [1.165, 1.54) is 0 Å². The summed E-state index contributed by atoms with van der Waals surface area (Å²) in [5.41, 5.74) is 3.44. The summed E-state index contributed by atoms with van der Waals surface area (Å²) in [6, 6.07) is 0. The summed E-state index contributed by atoms with van der Waals surface area (Å²) in [7, 11) is 0. The highest BCUT2D eigenvalue weighted by molar-refractivity contribution is 5.56. The van der Waals surface area contributed by atoms with Gasteiger partial charge in [0.05, 0.1) is 12.8 Å². The molecule has 0 saturated heterocycles. The SMILES string of the molecule is C1=CC2[CH+]C1C1=C2C2C=CC1[CH+]2. The fourth-order valence-electron chi connectivity index (χ4n) is 3.23. The molecule has 56 valence electrons. The Morgan fingerprint density at radius 3 is 1.33 bits per heavy atom. The van der Waals surface area contributed by atoms with Crippen LogP contribution in [0.4, 0.5) is 0 Å². The Hall–Kier alpha value is -1.04. The van der Waals surface area contributed by atoms with Crippen LogP contribution in [0.15, 0.2) is 35.5 Å². The van der Waals surface area contributed by atoms with Crippen LogP contribution in [0.5, 0.6) is 0 Å². The quantitative estimate of drug-likeness (QED) is 0.285. The molecule has 4 aliphatic carbocycles. The summed E-state index contributed by atoms with van der Waals surface area (Å²) in [6.45, 7) is 0. The predicted molar refractivity (Wildman–Crippen MR) is 47.9 cm³/mol. The highest BCUT2D eigenvalue weighted by Crippen LogP contribution is 2.57. The van der Waals surface area contributed by atoms with Gasteiger partial charge in [-0.25, -0.2) is 0 Å². The molecule has 0 heterocycles. The first kappa shape index (κ1) is 5.58. The molecular weight excluding hydrogens is 144 g/mol. The van der Waals surface area contributed by atoms with Gasteiger partial charge in [0.25, 0.3) is 0 Å². The molecule has 0 aromatic heterocycles. The van der Waals surface area contributed by atoms with E-state index in [1.807, 2.05) is 0 Å². The van der Waals surface area contributed by atoms with Crippen LogP contribution in [0.1, 0.15) is 0 Å². The monoisotopic (exact) mass is 154 g/mol. The average molecular weight is 154 g/mol. The summed E-state index contributed by atoms with van der Waals surface area (Å²) in [5, 5.41) is 0. The number of rotatable bonds is 0. The number of allylic oxidation sites excluding steroid dienone is 6. The number of fused-ring (bicyclic) bond motifs is 8. The second kappa shape index (κ2) is 1.52. The van der Waals surface area contributed by atoms with Crippen molar-refractivity contribution in [3.8, 4) is 0 Å². The van der Waals surface area contributed by atoms with E-state index in [4.69, 9.17) is 0 Å². The van der Waals surface area contributed by atoms with Crippen molar-refractivity contribution >= 4 is 0 Å². The maximum absolute atomic E-state index is 2.49. The van der Waals surface area contributed by atoms with Crippen molar-refractivity contribution in [2.75, 3.05) is 0 Å². The predicted octanol–water partition coefficient (Wildman–Crippen LogP) is 2.32. The van der Waals surface area contributed by atoms with Gasteiger partial charge in [-0.05, 0) is 24.3 Å². The van der Waals surface area contributed by atoms with Gasteiger partial charge in [-0.1, -0.05) is 0 Å². The van der Waals surface area contributed by atoms with Gasteiger partial charge in [0.15, 0.2) is 0 Å². The smallest absolute Gasteiger partial charge is 0.0320 e. The molecule has 4 aliphatic rings. The number of hydrogen-bond acceptors (Lipinski definition) is 0. The maximum atomic E-state index is 2.49. The zero-order valence-corrected chi connectivity index (χ0v) is 6.77. The molecule has 0 saturated carbocycles. The molecule has 0 aromatic carbocycles. The van der Waals surface area contributed by atoms with Gasteiger partial charge < -0.3 is 0 Å². The first-order valence-electron chi connectivity index (χ1n) is 4.74. The van der Waals surface area contributed by atoms with Crippen molar-refractivity contribution in [2.45, 2.75) is 0 Å². The fourth-order valence-corrected chi connectivity index (χ4v) is 3.23. The van der Waals surface area contributed by atoms with Gasteiger partial charge in [-0.15, -0.1) is 0 Å². The molecule has 0 heteroatoms. The van der Waals surface area contributed by atoms with Crippen LogP contribution >= 0.6 is 0 Å². The molecule has 0 aromatic rings. The van der Waals surface area contributed by atoms with Crippen molar-refractivity contribution < 1.29 is 0 Å². The fraction of sp³-hybridized carbons (Fsp3) is 0.333. The van der Waals surface area contributed by atoms with E-state index in [9.17, 15) is 0 Å². The Kier molecular flexibility index (Phi) is 0.705. The lowest BCUT2D eigenvalue weighted by Gasteiger charge is -2.05. The van der Waals surface area contributed by atoms with Crippen LogP contribution in [-0.2, 0) is 0 Å². The molecule has 0 amide bonds. The van der Waals surface area contributed by atoms with Crippen molar-refractivity contribution in [1.29, 1.82) is 0 Å². The molecule has 0 fully saturated rings. The molecule has 0 aliphatic heterocycles. The Balaban J connectivity index is 1.93. The van der Waals surface area contributed by atoms with E-state index in [0.717, 1.165) is 0 Å². The normalized spacial score (nSPS) is 50.0. The van der Waals surface area contributed by atoms with Crippen LogP contribution in [0, 0.1) is 36.5 Å². The second-order valence-corrected chi connectivity index (χ2v) is 4.17. The third-order valence-electron chi connectivity index (χ3n) is 3.65. The third kappa shape index (κ3) is 0.416. The molecule has 12 heavy (non-hydrogen) atoms. The first-order chi connectivity index (χ1) is 5.93. The highest BCUT2D eigenvalue weighted by Gasteiger charge is 2.58. The summed E-state index contributed by atoms with van der Waals surface area (Å²) in [5.74, 6) is 2.78. The average Bonchev–Trinajstić information content (AvgIpc) is 2.83. The molecule has 0 N–H and O–H groups in total. The first-order valence-corrected chi connectivity index (χ1v) is 4.74. The van der Waals surface area contributed by atoms with Gasteiger partial charge >= 0.3 is 0 Å². The van der Waals surface area contributed by atoms with E-state index in [-0.39, 0.29) is 0 Å². The summed E-state index contributed by atoms with van der Waals surface area (Å²) < 4.78 is 0. The Bertz CT molecular complexity index is 281. The second-order valence-electron chi connectivity index (χ2n) is 4.17. The van der Waals surface area contributed by atoms with Crippen molar-refractivity contribution in [3.05, 3.63) is 48.3 Å². The van der Waals surface area contributed by atoms with Crippen LogP contribution in [-0.4, -0.2) is 0 Å². The summed E-state index contributed by atoms with van der Waals surface area (Å²) >= 11 is 0. The third-order valence-corrected chi connectivity index (χ3v) is 3.65. The maximum Gasteiger partial charge on any atom is 0.143 e. The number of hydrogen-bond donors (Lipinski definition) is 0. The zero-order chi connectivity index (χ0) is 7.71. The summed E-state index contributed by atoms with van der Waals surface area (Å²) in [4.78, 5) is 0. The van der Waals surface area contributed by atoms with Crippen LogP contribution in [0.3, 0.4) is 0 Å². The summed E-state index contributed by atoms with van der Waals surface area (Å²) in [6.07, 6.45) is 14.4. The van der Waals surface area contributed by atoms with Gasteiger partial charge in [-0.3, -0.25) is 0 Å². The topological polar surface area (TPSA) is 0 Å². The largest absolute Gasteiger partial charge is 0.143 e. The van der Waals surface area contributed by atoms with Crippen LogP contribution in [0.25, 0.3) is 0 Å². The molecule has 0 nitrogen and oxygen atoms in total. The Labute approximate surface area is 72.7 Å². The van der Waals surface area contributed by atoms with Crippen molar-refractivity contribution in [3.63, 3.8) is 0 Å². The van der Waals surface area contributed by atoms with Crippen molar-refractivity contribution in [2.24, 2.45) is 23.7 Å². The zero-order valence-electron chi connectivity index (χ0n) is 6.77. The minimum atomic E-state index is 0.696. The van der Waals surface area contributed by atoms with Gasteiger partial charge in [-0.2, -0.15) is 0 Å². The standard InChI is InChI=1S/C12H10/c1-2-8-5-7(1)11-9-3-4-10(6-9)12(8)11/h1-10H/q+2. The highest BCUT2D eigenvalue weighted by atomic mass is 14.5. The van der Waals surface area contributed by atoms with Crippen molar-refractivity contribution in [1.82, 2.24) is 0 Å². The van der Waals surface area contributed by atoms with E-state index in [0.29, 0.717) is 23.7 Å². The molecule has 4 atom stereocenters. The van der Waals surface area contributed by atoms with Gasteiger partial charge in [0.2, 0.25) is 0 Å². The van der Waals surface area contributed by atoms with E-state index >= 15 is 0 Å². The van der Waals surface area contributed by atoms with E-state index in [1.54, 1.807) is 11.1 Å². The lowest BCUT2D eigenvalue weighted by atomic mass is 9.89. The van der Waals surface area contributed by atoms with Crippen LogP contribution < -0.4 is 0 Å². The Morgan fingerprint density at radius 2 is 1.00 bits per heavy atom. The molecule has 0 spiro atoms. The van der Waals surface area contributed by atoms with Crippen LogP contribution in [0.2, 0.25) is 0 Å². The molecule has 4 bridgehead atoms. The van der Waals surface area contributed by atoms with E-state index in [2.05, 4.69) is 37.1 Å². The molecule has 4 unspecified atom stereocenters. The van der Waals surface area contributed by atoms with Gasteiger partial charge in [0.1, 0.15) is 23.7 Å². The molecule has 4 rings (SSSR count). The lowest BCUT2D eigenvalue weighted by Crippen LogP contribution is -2.03.